The molecule has 0 spiro atoms. The number of benzene rings is 3. The van der Waals surface area contributed by atoms with Gasteiger partial charge in [0, 0.05) is 48.3 Å². The summed E-state index contributed by atoms with van der Waals surface area (Å²) in [6.45, 7) is 2.69. The zero-order valence-corrected chi connectivity index (χ0v) is 26.7. The zero-order valence-electron chi connectivity index (χ0n) is 25.8. The molecule has 0 aliphatic carbocycles. The molecule has 2 heterocycles. The number of ether oxygens (including phenoxy) is 1. The molecule has 1 aromatic heterocycles. The van der Waals surface area contributed by atoms with Crippen LogP contribution < -0.4 is 20.3 Å². The highest BCUT2D eigenvalue weighted by molar-refractivity contribution is 7.18. The number of amides is 4. The number of hydrogen-bond donors (Lipinski definition) is 4. The first kappa shape index (κ1) is 33.0. The van der Waals surface area contributed by atoms with Gasteiger partial charge in [-0.1, -0.05) is 72.8 Å². The average molecular weight is 657 g/mol. The van der Waals surface area contributed by atoms with Gasteiger partial charge in [0.1, 0.15) is 5.75 Å². The first-order chi connectivity index (χ1) is 22.7. The fourth-order valence-electron chi connectivity index (χ4n) is 5.58. The Labute approximate surface area is 276 Å². The minimum Gasteiger partial charge on any atom is -0.480 e. The number of nitrogens with zero attached hydrogens (tertiary/aromatic N) is 2. The summed E-state index contributed by atoms with van der Waals surface area (Å²) in [6, 6.07) is 25.9. The lowest BCUT2D eigenvalue weighted by Gasteiger charge is -2.38. The van der Waals surface area contributed by atoms with Crippen molar-refractivity contribution in [3.8, 4) is 16.2 Å². The number of thiophene rings is 1. The van der Waals surface area contributed by atoms with Crippen molar-refractivity contribution in [2.24, 2.45) is 0 Å². The Morgan fingerprint density at radius 1 is 0.872 bits per heavy atom. The molecule has 4 aromatic rings. The van der Waals surface area contributed by atoms with Crippen LogP contribution in [0.4, 0.5) is 15.3 Å². The molecule has 12 heteroatoms. The highest BCUT2D eigenvalue weighted by Crippen LogP contribution is 2.42. The Kier molecular flexibility index (Phi) is 10.7. The fraction of sp³-hybridized carbons (Fsp3) is 0.257. The van der Waals surface area contributed by atoms with E-state index in [1.165, 1.54) is 0 Å². The summed E-state index contributed by atoms with van der Waals surface area (Å²) in [5.41, 5.74) is 3.73. The summed E-state index contributed by atoms with van der Waals surface area (Å²) in [7, 11) is 0. The van der Waals surface area contributed by atoms with E-state index in [1.807, 2.05) is 78.9 Å². The molecule has 4 amide bonds. The number of carboxylic acid groups (broad SMARTS) is 2. The molecule has 0 radical (unpaired) electrons. The van der Waals surface area contributed by atoms with Gasteiger partial charge in [0.15, 0.2) is 11.5 Å². The van der Waals surface area contributed by atoms with E-state index >= 15 is 0 Å². The van der Waals surface area contributed by atoms with Crippen molar-refractivity contribution in [2.45, 2.75) is 38.9 Å². The second-order valence-corrected chi connectivity index (χ2v) is 12.1. The Bertz CT molecular complexity index is 1720. The van der Waals surface area contributed by atoms with Gasteiger partial charge in [-0.3, -0.25) is 4.90 Å². The average Bonchev–Trinajstić information content (AvgIpc) is 3.43. The van der Waals surface area contributed by atoms with E-state index in [-0.39, 0.29) is 28.7 Å². The maximum atomic E-state index is 13.9. The van der Waals surface area contributed by atoms with Crippen LogP contribution in [0.1, 0.15) is 39.2 Å². The fourth-order valence-corrected chi connectivity index (χ4v) is 6.67. The maximum Gasteiger partial charge on any atom is 0.349 e. The number of likely N-dealkylation sites (tertiary alicyclic amines) is 1. The van der Waals surface area contributed by atoms with E-state index in [4.69, 9.17) is 9.84 Å². The van der Waals surface area contributed by atoms with Crippen LogP contribution in [0.3, 0.4) is 0 Å². The summed E-state index contributed by atoms with van der Waals surface area (Å²) >= 11 is 0.990. The van der Waals surface area contributed by atoms with Crippen molar-refractivity contribution in [1.82, 2.24) is 15.5 Å². The second kappa shape index (κ2) is 15.3. The third kappa shape index (κ3) is 8.27. The summed E-state index contributed by atoms with van der Waals surface area (Å²) in [5.74, 6) is -2.42. The molecular weight excluding hydrogens is 620 g/mol. The largest absolute Gasteiger partial charge is 0.480 e. The van der Waals surface area contributed by atoms with Crippen LogP contribution in [0.5, 0.6) is 5.75 Å². The molecular formula is C35H36N4O7S. The van der Waals surface area contributed by atoms with Gasteiger partial charge in [-0.2, -0.15) is 0 Å². The lowest BCUT2D eigenvalue weighted by Crippen LogP contribution is -2.53. The third-order valence-electron chi connectivity index (χ3n) is 7.92. The predicted octanol–water partition coefficient (Wildman–Crippen LogP) is 5.98. The molecule has 4 N–H and O–H groups in total. The number of anilines is 1. The van der Waals surface area contributed by atoms with E-state index in [2.05, 4.69) is 10.6 Å². The highest BCUT2D eigenvalue weighted by Gasteiger charge is 2.31. The van der Waals surface area contributed by atoms with Crippen LogP contribution in [0.2, 0.25) is 0 Å². The summed E-state index contributed by atoms with van der Waals surface area (Å²) in [4.78, 5) is 53.9. The van der Waals surface area contributed by atoms with Gasteiger partial charge in [-0.25, -0.2) is 19.2 Å². The molecule has 1 fully saturated rings. The molecule has 3 aromatic carbocycles. The SMILES string of the molecule is Cc1c(-c2cccc(N(C(=O)NCc3ccccc3)C3CCN(C(=O)NCc4ccccc4)CC3)c2)sc(C(=O)O)c1OCC(=O)O. The van der Waals surface area contributed by atoms with Crippen molar-refractivity contribution in [2.75, 3.05) is 24.6 Å². The van der Waals surface area contributed by atoms with E-state index in [9.17, 15) is 24.3 Å². The molecule has 11 nitrogen and oxygen atoms in total. The third-order valence-corrected chi connectivity index (χ3v) is 9.23. The normalized spacial score (nSPS) is 13.1. The number of carbonyl (C=O) groups is 4. The second-order valence-electron chi connectivity index (χ2n) is 11.1. The van der Waals surface area contributed by atoms with Crippen molar-refractivity contribution in [3.05, 3.63) is 106 Å². The molecule has 0 bridgehead atoms. The van der Waals surface area contributed by atoms with Gasteiger partial charge >= 0.3 is 24.0 Å². The molecule has 47 heavy (non-hydrogen) atoms. The zero-order chi connectivity index (χ0) is 33.3. The van der Waals surface area contributed by atoms with E-state index in [0.29, 0.717) is 60.7 Å². The van der Waals surface area contributed by atoms with Gasteiger partial charge in [-0.15, -0.1) is 11.3 Å². The maximum absolute atomic E-state index is 13.9. The van der Waals surface area contributed by atoms with Gasteiger partial charge in [0.25, 0.3) is 0 Å². The predicted molar refractivity (Wildman–Crippen MR) is 179 cm³/mol. The molecule has 244 valence electrons. The van der Waals surface area contributed by atoms with E-state index in [1.54, 1.807) is 22.8 Å². The van der Waals surface area contributed by atoms with Crippen molar-refractivity contribution in [3.63, 3.8) is 0 Å². The van der Waals surface area contributed by atoms with Gasteiger partial charge in [-0.05, 0) is 48.6 Å². The number of nitrogens with one attached hydrogen (secondary N) is 2. The van der Waals surface area contributed by atoms with Gasteiger partial charge in [0.05, 0.1) is 0 Å². The summed E-state index contributed by atoms with van der Waals surface area (Å²) in [5, 5.41) is 24.9. The summed E-state index contributed by atoms with van der Waals surface area (Å²) < 4.78 is 5.37. The van der Waals surface area contributed by atoms with E-state index in [0.717, 1.165) is 22.5 Å². The van der Waals surface area contributed by atoms with Crippen LogP contribution in [-0.2, 0) is 17.9 Å². The minimum atomic E-state index is -1.22. The topological polar surface area (TPSA) is 149 Å². The number of aromatic carboxylic acids is 1. The van der Waals surface area contributed by atoms with Crippen LogP contribution in [-0.4, -0.2) is 64.9 Å². The molecule has 1 saturated heterocycles. The van der Waals surface area contributed by atoms with Crippen LogP contribution >= 0.6 is 11.3 Å². The summed E-state index contributed by atoms with van der Waals surface area (Å²) in [6.07, 6.45) is 1.10. The monoisotopic (exact) mass is 656 g/mol. The van der Waals surface area contributed by atoms with Crippen molar-refractivity contribution < 1.29 is 34.1 Å². The van der Waals surface area contributed by atoms with Crippen molar-refractivity contribution in [1.29, 1.82) is 0 Å². The van der Waals surface area contributed by atoms with Gasteiger partial charge < -0.3 is 30.5 Å². The number of hydrogen-bond acceptors (Lipinski definition) is 6. The van der Waals surface area contributed by atoms with Crippen LogP contribution in [0, 0.1) is 6.92 Å². The van der Waals surface area contributed by atoms with Crippen LogP contribution in [0.15, 0.2) is 84.9 Å². The number of carboxylic acids is 2. The Morgan fingerprint density at radius 2 is 1.49 bits per heavy atom. The Balaban J connectivity index is 1.38. The first-order valence-corrected chi connectivity index (χ1v) is 16.0. The first-order valence-electron chi connectivity index (χ1n) is 15.2. The molecule has 0 atom stereocenters. The molecule has 0 unspecified atom stereocenters. The number of piperidine rings is 1. The number of carbonyl (C=O) groups excluding carboxylic acids is 2. The lowest BCUT2D eigenvalue weighted by atomic mass is 10.0. The van der Waals surface area contributed by atoms with Crippen molar-refractivity contribution >= 4 is 41.0 Å². The minimum absolute atomic E-state index is 0.0145. The highest BCUT2D eigenvalue weighted by atomic mass is 32.1. The van der Waals surface area contributed by atoms with E-state index < -0.39 is 18.5 Å². The number of aliphatic carboxylic acids is 1. The number of rotatable bonds is 11. The molecule has 1 aliphatic rings. The molecule has 1 aliphatic heterocycles. The molecule has 0 saturated carbocycles. The quantitative estimate of drug-likeness (QED) is 0.155. The standard InChI is InChI=1S/C35H36N4O7S/c1-23-30(46-22-29(40)41)32(33(42)43)47-31(23)26-13-8-14-28(19-26)39(35(45)37-21-25-11-6-3-7-12-25)27-15-17-38(18-16-27)34(44)36-20-24-9-4-2-5-10-24/h2-14,19,27H,15-18,20-22H2,1H3,(H,36,44)(H,37,45)(H,40,41)(H,42,43). The number of urea groups is 2. The Morgan fingerprint density at radius 3 is 2.09 bits per heavy atom. The molecule has 5 rings (SSSR count). The van der Waals surface area contributed by atoms with Gasteiger partial charge in [0.2, 0.25) is 0 Å². The lowest BCUT2D eigenvalue weighted by molar-refractivity contribution is -0.139. The smallest absolute Gasteiger partial charge is 0.349 e. The van der Waals surface area contributed by atoms with Crippen LogP contribution in [0.25, 0.3) is 10.4 Å². The Hall–Kier alpha value is -5.36.